The van der Waals surface area contributed by atoms with E-state index in [4.69, 9.17) is 4.74 Å². The molecule has 1 aromatic heterocycles. The smallest absolute Gasteiger partial charge is 0.234 e. The molecule has 0 bridgehead atoms. The molecule has 0 saturated carbocycles. The summed E-state index contributed by atoms with van der Waals surface area (Å²) in [6, 6.07) is 19.3. The van der Waals surface area contributed by atoms with Crippen LogP contribution in [-0.4, -0.2) is 29.0 Å². The molecule has 0 unspecified atom stereocenters. The number of nitrogens with one attached hydrogen (secondary N) is 2. The second kappa shape index (κ2) is 9.75. The number of benzene rings is 2. The highest BCUT2D eigenvalue weighted by Gasteiger charge is 2.06. The van der Waals surface area contributed by atoms with Crippen LogP contribution in [0.15, 0.2) is 65.7 Å². The quantitative estimate of drug-likeness (QED) is 0.559. The van der Waals surface area contributed by atoms with Gasteiger partial charge in [-0.1, -0.05) is 41.6 Å². The molecule has 0 saturated heterocycles. The van der Waals surface area contributed by atoms with Crippen LogP contribution >= 0.6 is 11.8 Å². The molecule has 3 aromatic rings. The minimum absolute atomic E-state index is 0.0986. The molecule has 1 amide bonds. The third kappa shape index (κ3) is 5.99. The zero-order chi connectivity index (χ0) is 19.8. The molecule has 2 aromatic carbocycles. The molecule has 0 spiro atoms. The van der Waals surface area contributed by atoms with Gasteiger partial charge in [-0.3, -0.25) is 4.79 Å². The molecular weight excluding hydrogens is 372 g/mol. The summed E-state index contributed by atoms with van der Waals surface area (Å²) < 4.78 is 5.10. The Morgan fingerprint density at radius 1 is 1.00 bits per heavy atom. The normalized spacial score (nSPS) is 10.4. The third-order valence-electron chi connectivity index (χ3n) is 3.96. The van der Waals surface area contributed by atoms with Crippen LogP contribution in [0.2, 0.25) is 0 Å². The van der Waals surface area contributed by atoms with Gasteiger partial charge in [0.05, 0.1) is 12.9 Å². The summed E-state index contributed by atoms with van der Waals surface area (Å²) in [5.41, 5.74) is 3.15. The molecule has 2 N–H and O–H groups in total. The first-order valence-corrected chi connectivity index (χ1v) is 9.81. The molecule has 0 aliphatic rings. The second-order valence-corrected chi connectivity index (χ2v) is 7.16. The molecule has 28 heavy (non-hydrogen) atoms. The Labute approximate surface area is 168 Å². The van der Waals surface area contributed by atoms with Crippen molar-refractivity contribution in [1.29, 1.82) is 0 Å². The molecule has 0 aliphatic heterocycles. The maximum absolute atomic E-state index is 12.1. The summed E-state index contributed by atoms with van der Waals surface area (Å²) in [6.45, 7) is 2.75. The van der Waals surface area contributed by atoms with Gasteiger partial charge in [0, 0.05) is 12.2 Å². The average molecular weight is 395 g/mol. The van der Waals surface area contributed by atoms with Crippen LogP contribution in [0.5, 0.6) is 5.75 Å². The molecule has 6 nitrogen and oxygen atoms in total. The molecule has 0 atom stereocenters. The molecule has 144 valence electrons. The number of rotatable bonds is 8. The average Bonchev–Trinajstić information content (AvgIpc) is 2.73. The van der Waals surface area contributed by atoms with Gasteiger partial charge in [-0.2, -0.15) is 0 Å². The van der Waals surface area contributed by atoms with Gasteiger partial charge in [0.15, 0.2) is 0 Å². The lowest BCUT2D eigenvalue weighted by molar-refractivity contribution is -0.113. The number of aryl methyl sites for hydroxylation is 1. The van der Waals surface area contributed by atoms with E-state index < -0.39 is 0 Å². The van der Waals surface area contributed by atoms with Gasteiger partial charge in [0.25, 0.3) is 0 Å². The summed E-state index contributed by atoms with van der Waals surface area (Å²) in [6.07, 6.45) is 0. The lowest BCUT2D eigenvalue weighted by Crippen LogP contribution is -2.14. The van der Waals surface area contributed by atoms with Crippen molar-refractivity contribution in [2.45, 2.75) is 18.5 Å². The Hall–Kier alpha value is -3.06. The molecule has 0 fully saturated rings. The zero-order valence-electron chi connectivity index (χ0n) is 15.8. The Morgan fingerprint density at radius 3 is 2.39 bits per heavy atom. The van der Waals surface area contributed by atoms with Gasteiger partial charge in [0.1, 0.15) is 16.6 Å². The van der Waals surface area contributed by atoms with Gasteiger partial charge in [-0.05, 0) is 48.9 Å². The van der Waals surface area contributed by atoms with Crippen molar-refractivity contribution in [2.24, 2.45) is 0 Å². The first-order chi connectivity index (χ1) is 13.6. The van der Waals surface area contributed by atoms with Crippen LogP contribution in [0.4, 0.5) is 11.5 Å². The topological polar surface area (TPSA) is 76.1 Å². The van der Waals surface area contributed by atoms with E-state index in [1.807, 2.05) is 12.1 Å². The number of carbonyl (C=O) groups is 1. The number of hydrogen-bond acceptors (Lipinski definition) is 6. The summed E-state index contributed by atoms with van der Waals surface area (Å²) in [4.78, 5) is 12.1. The number of methoxy groups -OCH3 is 1. The number of ether oxygens (including phenoxy) is 1. The largest absolute Gasteiger partial charge is 0.497 e. The number of thioether (sulfide) groups is 1. The standard InChI is InChI=1S/C21H22N4O2S/c1-15-3-5-16(6-4-15)13-22-19-11-12-21(25-24-19)28-14-20(26)23-17-7-9-18(27-2)10-8-17/h3-12H,13-14H2,1-2H3,(H,22,24)(H,23,26). The minimum Gasteiger partial charge on any atom is -0.497 e. The Balaban J connectivity index is 1.44. The summed E-state index contributed by atoms with van der Waals surface area (Å²) >= 11 is 1.34. The van der Waals surface area contributed by atoms with Crippen LogP contribution in [0.25, 0.3) is 0 Å². The Bertz CT molecular complexity index is 897. The van der Waals surface area contributed by atoms with Crippen LogP contribution < -0.4 is 15.4 Å². The van der Waals surface area contributed by atoms with Gasteiger partial charge in [-0.15, -0.1) is 10.2 Å². The highest BCUT2D eigenvalue weighted by molar-refractivity contribution is 7.99. The molecule has 3 rings (SSSR count). The molecule has 0 radical (unpaired) electrons. The summed E-state index contributed by atoms with van der Waals surface area (Å²) in [7, 11) is 1.61. The SMILES string of the molecule is COc1ccc(NC(=O)CSc2ccc(NCc3ccc(C)cc3)nn2)cc1. The molecular formula is C21H22N4O2S. The highest BCUT2D eigenvalue weighted by atomic mass is 32.2. The van der Waals surface area contributed by atoms with E-state index in [0.717, 1.165) is 11.4 Å². The van der Waals surface area contributed by atoms with Crippen molar-refractivity contribution in [3.05, 3.63) is 71.8 Å². The molecule has 1 heterocycles. The van der Waals surface area contributed by atoms with E-state index in [1.165, 1.54) is 22.9 Å². The van der Waals surface area contributed by atoms with E-state index in [-0.39, 0.29) is 11.7 Å². The van der Waals surface area contributed by atoms with E-state index in [9.17, 15) is 4.79 Å². The molecule has 7 heteroatoms. The zero-order valence-corrected chi connectivity index (χ0v) is 16.6. The summed E-state index contributed by atoms with van der Waals surface area (Å²) in [5, 5.41) is 15.1. The number of aromatic nitrogens is 2. The van der Waals surface area contributed by atoms with Crippen molar-refractivity contribution in [3.63, 3.8) is 0 Å². The summed E-state index contributed by atoms with van der Waals surface area (Å²) in [5.74, 6) is 1.61. The number of nitrogens with zero attached hydrogens (tertiary/aromatic N) is 2. The number of amides is 1. The van der Waals surface area contributed by atoms with Crippen molar-refractivity contribution in [2.75, 3.05) is 23.5 Å². The maximum atomic E-state index is 12.1. The fourth-order valence-corrected chi connectivity index (χ4v) is 3.01. The number of carbonyl (C=O) groups excluding carboxylic acids is 1. The van der Waals surface area contributed by atoms with Crippen molar-refractivity contribution >= 4 is 29.2 Å². The first-order valence-electron chi connectivity index (χ1n) is 8.82. The van der Waals surface area contributed by atoms with Gasteiger partial charge in [0.2, 0.25) is 5.91 Å². The lowest BCUT2D eigenvalue weighted by Gasteiger charge is -2.07. The minimum atomic E-state index is -0.0986. The lowest BCUT2D eigenvalue weighted by atomic mass is 10.1. The van der Waals surface area contributed by atoms with Gasteiger partial charge in [-0.25, -0.2) is 0 Å². The van der Waals surface area contributed by atoms with Crippen LogP contribution in [0.1, 0.15) is 11.1 Å². The Kier molecular flexibility index (Phi) is 6.86. The van der Waals surface area contributed by atoms with E-state index in [1.54, 1.807) is 31.4 Å². The van der Waals surface area contributed by atoms with Crippen molar-refractivity contribution in [3.8, 4) is 5.75 Å². The van der Waals surface area contributed by atoms with E-state index in [0.29, 0.717) is 17.4 Å². The van der Waals surface area contributed by atoms with E-state index >= 15 is 0 Å². The van der Waals surface area contributed by atoms with Crippen molar-refractivity contribution in [1.82, 2.24) is 10.2 Å². The van der Waals surface area contributed by atoms with Gasteiger partial charge < -0.3 is 15.4 Å². The monoisotopic (exact) mass is 394 g/mol. The fraction of sp³-hybridized carbons (Fsp3) is 0.190. The number of anilines is 2. The van der Waals surface area contributed by atoms with Gasteiger partial charge >= 0.3 is 0 Å². The predicted octanol–water partition coefficient (Wildman–Crippen LogP) is 4.14. The fourth-order valence-electron chi connectivity index (χ4n) is 2.40. The number of hydrogen-bond donors (Lipinski definition) is 2. The highest BCUT2D eigenvalue weighted by Crippen LogP contribution is 2.18. The third-order valence-corrected chi connectivity index (χ3v) is 4.88. The Morgan fingerprint density at radius 2 is 1.75 bits per heavy atom. The first kappa shape index (κ1) is 19.7. The predicted molar refractivity (Wildman–Crippen MR) is 113 cm³/mol. The van der Waals surface area contributed by atoms with Crippen LogP contribution in [0, 0.1) is 6.92 Å². The van der Waals surface area contributed by atoms with E-state index in [2.05, 4.69) is 52.0 Å². The van der Waals surface area contributed by atoms with Crippen molar-refractivity contribution < 1.29 is 9.53 Å². The van der Waals surface area contributed by atoms with Crippen LogP contribution in [-0.2, 0) is 11.3 Å². The maximum Gasteiger partial charge on any atom is 0.234 e. The second-order valence-electron chi connectivity index (χ2n) is 6.16. The van der Waals surface area contributed by atoms with Crippen LogP contribution in [0.3, 0.4) is 0 Å². The molecule has 0 aliphatic carbocycles.